The molecule has 1 saturated heterocycles. The second-order valence-corrected chi connectivity index (χ2v) is 9.72. The Hall–Kier alpha value is -2.55. The Kier molecular flexibility index (Phi) is 7.26. The Morgan fingerprint density at radius 3 is 2.64 bits per heavy atom. The molecule has 3 aromatic rings. The summed E-state index contributed by atoms with van der Waals surface area (Å²) in [7, 11) is 0. The van der Waals surface area contributed by atoms with Crippen LogP contribution in [0.3, 0.4) is 0 Å². The monoisotopic (exact) mass is 506 g/mol. The number of benzene rings is 1. The normalized spacial score (nSPS) is 13.7. The molecule has 2 aromatic heterocycles. The van der Waals surface area contributed by atoms with Crippen LogP contribution >= 0.6 is 34.5 Å². The predicted molar refractivity (Wildman–Crippen MR) is 130 cm³/mol. The first-order chi connectivity index (χ1) is 15.8. The zero-order valence-corrected chi connectivity index (χ0v) is 20.5. The van der Waals surface area contributed by atoms with Gasteiger partial charge in [-0.05, 0) is 44.0 Å². The molecule has 0 atom stereocenters. The topological polar surface area (TPSA) is 90.5 Å². The molecule has 174 valence electrons. The van der Waals surface area contributed by atoms with E-state index in [1.807, 2.05) is 17.2 Å². The SMILES string of the molecule is Cc1c(C(N)=O)cc(-c2csc(COc3cc(Cl)cc(Cl)c3)n2)n1CCCN1CCCC1=O. The fourth-order valence-corrected chi connectivity index (χ4v) is 5.21. The van der Waals surface area contributed by atoms with Gasteiger partial charge in [-0.15, -0.1) is 11.3 Å². The minimum absolute atomic E-state index is 0.211. The number of nitrogens with zero attached hydrogens (tertiary/aromatic N) is 3. The number of amides is 2. The molecule has 3 heterocycles. The Bertz CT molecular complexity index is 1170. The quantitative estimate of drug-likeness (QED) is 0.445. The van der Waals surface area contributed by atoms with E-state index >= 15 is 0 Å². The van der Waals surface area contributed by atoms with Gasteiger partial charge in [-0.25, -0.2) is 4.98 Å². The van der Waals surface area contributed by atoms with E-state index in [1.54, 1.807) is 24.3 Å². The van der Waals surface area contributed by atoms with E-state index in [4.69, 9.17) is 38.7 Å². The molecule has 7 nitrogen and oxygen atoms in total. The van der Waals surface area contributed by atoms with E-state index in [9.17, 15) is 9.59 Å². The van der Waals surface area contributed by atoms with Crippen LogP contribution in [0.15, 0.2) is 29.6 Å². The number of halogens is 2. The second-order valence-electron chi connectivity index (χ2n) is 7.90. The summed E-state index contributed by atoms with van der Waals surface area (Å²) in [5, 5.41) is 3.71. The molecular weight excluding hydrogens is 483 g/mol. The van der Waals surface area contributed by atoms with Crippen LogP contribution in [0, 0.1) is 6.92 Å². The molecule has 2 N–H and O–H groups in total. The molecule has 33 heavy (non-hydrogen) atoms. The number of aromatic nitrogens is 2. The first kappa shape index (κ1) is 23.6. The molecule has 0 saturated carbocycles. The molecule has 1 fully saturated rings. The third-order valence-corrected chi connectivity index (χ3v) is 6.88. The van der Waals surface area contributed by atoms with E-state index in [-0.39, 0.29) is 12.5 Å². The van der Waals surface area contributed by atoms with Crippen LogP contribution in [-0.4, -0.2) is 39.4 Å². The van der Waals surface area contributed by atoms with Crippen LogP contribution in [0.4, 0.5) is 0 Å². The number of rotatable bonds is 9. The molecular formula is C23H24Cl2N4O3S. The summed E-state index contributed by atoms with van der Waals surface area (Å²) in [6.45, 7) is 4.31. The van der Waals surface area contributed by atoms with Gasteiger partial charge in [0.15, 0.2) is 0 Å². The molecule has 0 unspecified atom stereocenters. The molecule has 1 aliphatic heterocycles. The maximum Gasteiger partial charge on any atom is 0.250 e. The summed E-state index contributed by atoms with van der Waals surface area (Å²) >= 11 is 13.5. The lowest BCUT2D eigenvalue weighted by Crippen LogP contribution is -2.26. The second kappa shape index (κ2) is 10.2. The van der Waals surface area contributed by atoms with E-state index in [2.05, 4.69) is 4.57 Å². The van der Waals surface area contributed by atoms with Crippen molar-refractivity contribution in [3.05, 3.63) is 56.0 Å². The van der Waals surface area contributed by atoms with Crippen LogP contribution in [0.2, 0.25) is 10.0 Å². The summed E-state index contributed by atoms with van der Waals surface area (Å²) in [5.41, 5.74) is 8.44. The highest BCUT2D eigenvalue weighted by Gasteiger charge is 2.21. The standard InChI is InChI=1S/C23H24Cl2N4O3S/c1-14-18(23(26)31)11-20(29(14)7-3-6-28-5-2-4-22(28)30)19-13-33-21(27-19)12-32-17-9-15(24)8-16(25)10-17/h8-11,13H,2-7,12H2,1H3,(H2,26,31). The van der Waals surface area contributed by atoms with Gasteiger partial charge in [0.1, 0.15) is 17.4 Å². The average molecular weight is 507 g/mol. The van der Waals surface area contributed by atoms with Crippen molar-refractivity contribution in [3.63, 3.8) is 0 Å². The number of carbonyl (C=O) groups is 2. The number of thiazole rings is 1. The zero-order chi connectivity index (χ0) is 23.5. The summed E-state index contributed by atoms with van der Waals surface area (Å²) in [5.74, 6) is 0.303. The van der Waals surface area contributed by atoms with Crippen molar-refractivity contribution >= 4 is 46.4 Å². The predicted octanol–water partition coefficient (Wildman–Crippen LogP) is 4.92. The first-order valence-electron chi connectivity index (χ1n) is 10.6. The Balaban J connectivity index is 1.50. The molecule has 4 rings (SSSR count). The third kappa shape index (κ3) is 5.51. The molecule has 0 radical (unpaired) electrons. The smallest absolute Gasteiger partial charge is 0.250 e. The fraction of sp³-hybridized carbons (Fsp3) is 0.348. The average Bonchev–Trinajstić information content (AvgIpc) is 3.46. The van der Waals surface area contributed by atoms with Gasteiger partial charge >= 0.3 is 0 Å². The van der Waals surface area contributed by atoms with Gasteiger partial charge in [0.2, 0.25) is 5.91 Å². The first-order valence-corrected chi connectivity index (χ1v) is 12.3. The maximum absolute atomic E-state index is 12.0. The molecule has 1 aromatic carbocycles. The van der Waals surface area contributed by atoms with E-state index in [0.29, 0.717) is 40.9 Å². The molecule has 0 spiro atoms. The maximum atomic E-state index is 12.0. The molecule has 2 amide bonds. The van der Waals surface area contributed by atoms with Crippen molar-refractivity contribution in [2.75, 3.05) is 13.1 Å². The molecule has 1 aliphatic rings. The van der Waals surface area contributed by atoms with E-state index < -0.39 is 5.91 Å². The van der Waals surface area contributed by atoms with Gasteiger partial charge in [0.05, 0.1) is 17.0 Å². The van der Waals surface area contributed by atoms with Gasteiger partial charge in [-0.2, -0.15) is 0 Å². The number of hydrogen-bond acceptors (Lipinski definition) is 5. The number of primary amides is 1. The van der Waals surface area contributed by atoms with Crippen molar-refractivity contribution in [2.24, 2.45) is 5.73 Å². The van der Waals surface area contributed by atoms with Crippen LogP contribution in [-0.2, 0) is 17.9 Å². The molecule has 0 bridgehead atoms. The fourth-order valence-electron chi connectivity index (χ4n) is 4.01. The van der Waals surface area contributed by atoms with Crippen LogP contribution in [0.25, 0.3) is 11.4 Å². The zero-order valence-electron chi connectivity index (χ0n) is 18.1. The lowest BCUT2D eigenvalue weighted by atomic mass is 10.2. The van der Waals surface area contributed by atoms with Crippen molar-refractivity contribution in [2.45, 2.75) is 39.3 Å². The van der Waals surface area contributed by atoms with E-state index in [1.165, 1.54) is 11.3 Å². The molecule has 10 heteroatoms. The van der Waals surface area contributed by atoms with Crippen molar-refractivity contribution < 1.29 is 14.3 Å². The Morgan fingerprint density at radius 1 is 1.21 bits per heavy atom. The summed E-state index contributed by atoms with van der Waals surface area (Å²) in [6, 6.07) is 6.82. The number of hydrogen-bond donors (Lipinski definition) is 1. The van der Waals surface area contributed by atoms with Crippen LogP contribution < -0.4 is 10.5 Å². The Labute approximate surface area is 206 Å². The van der Waals surface area contributed by atoms with Gasteiger partial charge in [-0.3, -0.25) is 9.59 Å². The third-order valence-electron chi connectivity index (χ3n) is 5.63. The van der Waals surface area contributed by atoms with Gasteiger partial charge in [0.25, 0.3) is 5.91 Å². The summed E-state index contributed by atoms with van der Waals surface area (Å²) < 4.78 is 7.85. The highest BCUT2D eigenvalue weighted by atomic mass is 35.5. The van der Waals surface area contributed by atoms with Crippen molar-refractivity contribution in [1.82, 2.24) is 14.5 Å². The van der Waals surface area contributed by atoms with Gasteiger partial charge < -0.3 is 19.9 Å². The summed E-state index contributed by atoms with van der Waals surface area (Å²) in [6.07, 6.45) is 2.33. The van der Waals surface area contributed by atoms with Gasteiger partial charge in [0, 0.05) is 47.2 Å². The lowest BCUT2D eigenvalue weighted by molar-refractivity contribution is -0.127. The number of likely N-dealkylation sites (tertiary alicyclic amines) is 1. The molecule has 0 aliphatic carbocycles. The number of nitrogens with two attached hydrogens (primary N) is 1. The van der Waals surface area contributed by atoms with Gasteiger partial charge in [-0.1, -0.05) is 23.2 Å². The number of ether oxygens (including phenoxy) is 1. The Morgan fingerprint density at radius 2 is 1.97 bits per heavy atom. The minimum atomic E-state index is -0.473. The van der Waals surface area contributed by atoms with Crippen molar-refractivity contribution in [3.8, 4) is 17.1 Å². The summed E-state index contributed by atoms with van der Waals surface area (Å²) in [4.78, 5) is 30.5. The van der Waals surface area contributed by atoms with Crippen molar-refractivity contribution in [1.29, 1.82) is 0 Å². The number of carbonyl (C=O) groups excluding carboxylic acids is 2. The van der Waals surface area contributed by atoms with Crippen LogP contribution in [0.5, 0.6) is 5.75 Å². The lowest BCUT2D eigenvalue weighted by Gasteiger charge is -2.17. The van der Waals surface area contributed by atoms with Crippen LogP contribution in [0.1, 0.15) is 40.3 Å². The van der Waals surface area contributed by atoms with E-state index in [0.717, 1.165) is 41.5 Å². The highest BCUT2D eigenvalue weighted by molar-refractivity contribution is 7.09. The highest BCUT2D eigenvalue weighted by Crippen LogP contribution is 2.29. The minimum Gasteiger partial charge on any atom is -0.486 e. The largest absolute Gasteiger partial charge is 0.486 e.